The van der Waals surface area contributed by atoms with Crippen LogP contribution >= 0.6 is 11.8 Å². The predicted octanol–water partition coefficient (Wildman–Crippen LogP) is 2.04. The van der Waals surface area contributed by atoms with E-state index in [0.717, 1.165) is 0 Å². The molecule has 114 valence electrons. The molecule has 21 heavy (non-hydrogen) atoms. The quantitative estimate of drug-likeness (QED) is 0.834. The average molecular weight is 313 g/mol. The van der Waals surface area contributed by atoms with Crippen molar-refractivity contribution in [3.8, 4) is 0 Å². The molecule has 0 bridgehead atoms. The van der Waals surface area contributed by atoms with E-state index < -0.39 is 18.0 Å². The second-order valence-corrected chi connectivity index (χ2v) is 7.04. The van der Waals surface area contributed by atoms with Crippen LogP contribution in [0.3, 0.4) is 0 Å². The second kappa shape index (κ2) is 4.84. The molecule has 3 atom stereocenters. The van der Waals surface area contributed by atoms with Crippen LogP contribution in [0.4, 0.5) is 14.5 Å². The van der Waals surface area contributed by atoms with E-state index in [2.05, 4.69) is 4.99 Å². The molecule has 1 saturated carbocycles. The van der Waals surface area contributed by atoms with Crippen LogP contribution in [-0.2, 0) is 10.3 Å². The van der Waals surface area contributed by atoms with Crippen molar-refractivity contribution in [3.05, 3.63) is 29.6 Å². The number of methoxy groups -OCH3 is 1. The second-order valence-electron chi connectivity index (χ2n) is 5.60. The van der Waals surface area contributed by atoms with Crippen LogP contribution in [0.2, 0.25) is 0 Å². The van der Waals surface area contributed by atoms with Crippen LogP contribution in [0.1, 0.15) is 12.0 Å². The van der Waals surface area contributed by atoms with Crippen LogP contribution in [0, 0.1) is 11.7 Å². The van der Waals surface area contributed by atoms with Gasteiger partial charge in [0, 0.05) is 24.3 Å². The van der Waals surface area contributed by atoms with Crippen LogP contribution in [-0.4, -0.2) is 30.3 Å². The normalized spacial score (nSPS) is 34.2. The van der Waals surface area contributed by atoms with E-state index in [1.165, 1.54) is 30.0 Å². The van der Waals surface area contributed by atoms with E-state index in [4.69, 9.17) is 16.2 Å². The number of amidine groups is 1. The van der Waals surface area contributed by atoms with Crippen molar-refractivity contribution >= 4 is 22.6 Å². The summed E-state index contributed by atoms with van der Waals surface area (Å²) in [5.74, 6) is -0.660. The fourth-order valence-corrected chi connectivity index (χ4v) is 4.65. The number of halogens is 2. The smallest absolute Gasteiger partial charge is 0.155 e. The minimum atomic E-state index is -1.30. The van der Waals surface area contributed by atoms with Crippen molar-refractivity contribution in [1.29, 1.82) is 0 Å². The molecule has 0 saturated heterocycles. The molecule has 1 heterocycles. The van der Waals surface area contributed by atoms with Crippen LogP contribution in [0.5, 0.6) is 0 Å². The summed E-state index contributed by atoms with van der Waals surface area (Å²) in [5.41, 5.74) is 10.9. The van der Waals surface area contributed by atoms with E-state index in [0.29, 0.717) is 18.7 Å². The lowest BCUT2D eigenvalue weighted by molar-refractivity contribution is 0.176. The van der Waals surface area contributed by atoms with Gasteiger partial charge in [0.05, 0.1) is 11.4 Å². The maximum Gasteiger partial charge on any atom is 0.155 e. The van der Waals surface area contributed by atoms with Gasteiger partial charge in [0.25, 0.3) is 0 Å². The van der Waals surface area contributed by atoms with Crippen LogP contribution in [0.25, 0.3) is 0 Å². The number of nitrogens with zero attached hydrogens (tertiary/aromatic N) is 1. The third-order valence-corrected chi connectivity index (χ3v) is 5.54. The van der Waals surface area contributed by atoms with Gasteiger partial charge in [-0.2, -0.15) is 0 Å². The molecule has 1 aromatic carbocycles. The Morgan fingerprint density at radius 3 is 2.90 bits per heavy atom. The topological polar surface area (TPSA) is 73.6 Å². The third kappa shape index (κ3) is 2.10. The van der Waals surface area contributed by atoms with E-state index in [1.54, 1.807) is 7.11 Å². The molecule has 3 rings (SSSR count). The Hall–Kier alpha value is -1.34. The van der Waals surface area contributed by atoms with Gasteiger partial charge < -0.3 is 16.2 Å². The Kier molecular flexibility index (Phi) is 3.37. The first-order chi connectivity index (χ1) is 9.97. The van der Waals surface area contributed by atoms with Gasteiger partial charge in [-0.3, -0.25) is 0 Å². The molecule has 0 radical (unpaired) electrons. The molecule has 0 spiro atoms. The molecule has 7 heteroatoms. The van der Waals surface area contributed by atoms with Crippen molar-refractivity contribution in [2.24, 2.45) is 16.6 Å². The molecule has 4 nitrogen and oxygen atoms in total. The number of anilines is 1. The van der Waals surface area contributed by atoms with E-state index in [9.17, 15) is 8.78 Å². The van der Waals surface area contributed by atoms with Gasteiger partial charge in [0.1, 0.15) is 18.0 Å². The summed E-state index contributed by atoms with van der Waals surface area (Å²) < 4.78 is 33.1. The first-order valence-electron chi connectivity index (χ1n) is 6.62. The largest absolute Gasteiger partial charge is 0.399 e. The Morgan fingerprint density at radius 2 is 2.24 bits per heavy atom. The Morgan fingerprint density at radius 1 is 1.48 bits per heavy atom. The zero-order valence-corrected chi connectivity index (χ0v) is 12.4. The van der Waals surface area contributed by atoms with E-state index >= 15 is 0 Å². The molecule has 4 N–H and O–H groups in total. The molecule has 0 aromatic heterocycles. The molecular weight excluding hydrogens is 296 g/mol. The molecule has 1 aliphatic heterocycles. The Bertz CT molecular complexity index is 612. The third-order valence-electron chi connectivity index (χ3n) is 4.27. The summed E-state index contributed by atoms with van der Waals surface area (Å²) in [6.07, 6.45) is 0.688. The number of thioether (sulfide) groups is 1. The average Bonchev–Trinajstić information content (AvgIpc) is 3.15. The predicted molar refractivity (Wildman–Crippen MR) is 80.4 cm³/mol. The highest BCUT2D eigenvalue weighted by Gasteiger charge is 2.68. The zero-order valence-electron chi connectivity index (χ0n) is 11.6. The number of hydrogen-bond acceptors (Lipinski definition) is 5. The minimum absolute atomic E-state index is 0.149. The summed E-state index contributed by atoms with van der Waals surface area (Å²) in [7, 11) is 1.59. The van der Waals surface area contributed by atoms with Gasteiger partial charge in [0.15, 0.2) is 5.17 Å². The zero-order chi connectivity index (χ0) is 15.3. The number of benzene rings is 1. The van der Waals surface area contributed by atoms with Crippen molar-refractivity contribution < 1.29 is 13.5 Å². The fourth-order valence-electron chi connectivity index (χ4n) is 3.26. The lowest BCUT2D eigenvalue weighted by Gasteiger charge is -2.35. The number of alkyl halides is 1. The molecule has 1 unspecified atom stereocenters. The molecule has 1 aromatic rings. The van der Waals surface area contributed by atoms with E-state index in [-0.39, 0.29) is 21.4 Å². The van der Waals surface area contributed by atoms with Crippen molar-refractivity contribution in [1.82, 2.24) is 0 Å². The summed E-state index contributed by atoms with van der Waals surface area (Å²) in [4.78, 5) is 4.29. The van der Waals surface area contributed by atoms with Crippen LogP contribution < -0.4 is 11.5 Å². The van der Waals surface area contributed by atoms with Gasteiger partial charge >= 0.3 is 0 Å². The number of ether oxygens (including phenoxy) is 1. The maximum absolute atomic E-state index is 14.2. The Labute approximate surface area is 125 Å². The SMILES string of the molecule is COC[C@]12CC1[C@@](CF)(c1cc(N)ccc1F)N=C(N)S2. The summed E-state index contributed by atoms with van der Waals surface area (Å²) in [6, 6.07) is 4.15. The van der Waals surface area contributed by atoms with Gasteiger partial charge in [-0.25, -0.2) is 13.8 Å². The number of aliphatic imine (C=N–C) groups is 1. The fraction of sp³-hybridized carbons (Fsp3) is 0.500. The standard InChI is InChI=1S/C14H17F2N3OS/c1-20-7-13-5-11(13)14(6-15,19-12(18)21-13)9-4-8(17)2-3-10(9)16/h2-4,11H,5-7,17H2,1H3,(H2,18,19)/t11?,13-,14-/m1/s1. The van der Waals surface area contributed by atoms with Crippen molar-refractivity contribution in [2.75, 3.05) is 26.1 Å². The summed E-state index contributed by atoms with van der Waals surface area (Å²) in [6.45, 7) is -0.380. The van der Waals surface area contributed by atoms with Gasteiger partial charge in [-0.1, -0.05) is 11.8 Å². The molecule has 1 fully saturated rings. The first-order valence-corrected chi connectivity index (χ1v) is 7.44. The van der Waals surface area contributed by atoms with Gasteiger partial charge in [-0.15, -0.1) is 0 Å². The van der Waals surface area contributed by atoms with Crippen molar-refractivity contribution in [3.63, 3.8) is 0 Å². The molecule has 0 amide bonds. The summed E-state index contributed by atoms with van der Waals surface area (Å²) >= 11 is 1.39. The van der Waals surface area contributed by atoms with Gasteiger partial charge in [0.2, 0.25) is 0 Å². The summed E-state index contributed by atoms with van der Waals surface area (Å²) in [5, 5.41) is 0.264. The maximum atomic E-state index is 14.2. The minimum Gasteiger partial charge on any atom is -0.399 e. The van der Waals surface area contributed by atoms with E-state index in [1.807, 2.05) is 0 Å². The highest BCUT2D eigenvalue weighted by molar-refractivity contribution is 8.15. The molecule has 1 aliphatic carbocycles. The molecule has 2 aliphatic rings. The lowest BCUT2D eigenvalue weighted by atomic mass is 9.84. The monoisotopic (exact) mass is 313 g/mol. The van der Waals surface area contributed by atoms with Crippen molar-refractivity contribution in [2.45, 2.75) is 16.7 Å². The number of nitrogens with two attached hydrogens (primary N) is 2. The number of fused-ring (bicyclic) bond motifs is 1. The number of hydrogen-bond donors (Lipinski definition) is 2. The number of rotatable bonds is 4. The molecular formula is C14H17F2N3OS. The van der Waals surface area contributed by atoms with Gasteiger partial charge in [-0.05, 0) is 24.6 Å². The van der Waals surface area contributed by atoms with Crippen LogP contribution in [0.15, 0.2) is 23.2 Å². The first kappa shape index (κ1) is 14.6. The lowest BCUT2D eigenvalue weighted by Crippen LogP contribution is -2.41. The number of nitrogen functional groups attached to an aromatic ring is 1. The Balaban J connectivity index is 2.12. The highest BCUT2D eigenvalue weighted by atomic mass is 32.2. The highest BCUT2D eigenvalue weighted by Crippen LogP contribution is 2.66.